The van der Waals surface area contributed by atoms with Crippen molar-refractivity contribution >= 4 is 33.5 Å². The summed E-state index contributed by atoms with van der Waals surface area (Å²) in [6, 6.07) is 1.66. The highest BCUT2D eigenvalue weighted by atomic mass is 19.1. The normalized spacial score (nSPS) is 13.5. The van der Waals surface area contributed by atoms with Crippen molar-refractivity contribution in [1.29, 1.82) is 0 Å². The minimum atomic E-state index is -0.572. The van der Waals surface area contributed by atoms with Crippen molar-refractivity contribution in [3.05, 3.63) is 61.1 Å². The molecular formula is C25H19FN10O. The van der Waals surface area contributed by atoms with Crippen LogP contribution >= 0.6 is 0 Å². The lowest BCUT2D eigenvalue weighted by Gasteiger charge is -2.07. The van der Waals surface area contributed by atoms with Crippen molar-refractivity contribution in [1.82, 2.24) is 44.7 Å². The average Bonchev–Trinajstić information content (AvgIpc) is 3.29. The molecule has 0 aromatic carbocycles. The largest absolute Gasteiger partial charge is 0.335 e. The molecule has 1 amide bonds. The summed E-state index contributed by atoms with van der Waals surface area (Å²) in [4.78, 5) is 37.1. The molecule has 0 radical (unpaired) electrons. The third-order valence-corrected chi connectivity index (χ3v) is 6.36. The third-order valence-electron chi connectivity index (χ3n) is 6.36. The number of anilines is 1. The zero-order valence-corrected chi connectivity index (χ0v) is 19.5. The van der Waals surface area contributed by atoms with Crippen molar-refractivity contribution in [2.45, 2.75) is 19.8 Å². The molecule has 6 heterocycles. The van der Waals surface area contributed by atoms with E-state index in [2.05, 4.69) is 40.4 Å². The molecular weight excluding hydrogens is 475 g/mol. The van der Waals surface area contributed by atoms with Gasteiger partial charge in [0, 0.05) is 23.9 Å². The summed E-state index contributed by atoms with van der Waals surface area (Å²) in [5, 5.41) is 10.3. The molecule has 0 atom stereocenters. The van der Waals surface area contributed by atoms with Gasteiger partial charge >= 0.3 is 0 Å². The molecule has 3 N–H and O–H groups in total. The summed E-state index contributed by atoms with van der Waals surface area (Å²) in [6.45, 7) is 1.90. The molecule has 37 heavy (non-hydrogen) atoms. The maximum absolute atomic E-state index is 16.0. The molecule has 1 aliphatic rings. The minimum absolute atomic E-state index is 0.0423. The monoisotopic (exact) mass is 494 g/mol. The van der Waals surface area contributed by atoms with Gasteiger partial charge in [-0.15, -0.1) is 0 Å². The summed E-state index contributed by atoms with van der Waals surface area (Å²) in [7, 11) is 0. The van der Waals surface area contributed by atoms with Crippen molar-refractivity contribution in [2.24, 2.45) is 5.92 Å². The molecule has 0 unspecified atom stereocenters. The second-order valence-corrected chi connectivity index (χ2v) is 9.07. The summed E-state index contributed by atoms with van der Waals surface area (Å²) < 4.78 is 17.8. The molecule has 6 aromatic rings. The van der Waals surface area contributed by atoms with E-state index in [0.29, 0.717) is 39.3 Å². The van der Waals surface area contributed by atoms with E-state index in [1.807, 2.05) is 17.7 Å². The number of imidazole rings is 2. The van der Waals surface area contributed by atoms with E-state index in [1.165, 1.54) is 18.6 Å². The number of carbonyl (C=O) groups excluding carboxylic acids is 1. The summed E-state index contributed by atoms with van der Waals surface area (Å²) in [5.74, 6) is -0.199. The number of rotatable bonds is 5. The van der Waals surface area contributed by atoms with E-state index < -0.39 is 5.82 Å². The first-order valence-electron chi connectivity index (χ1n) is 11.7. The highest BCUT2D eigenvalue weighted by Crippen LogP contribution is 2.34. The number of hydrogen-bond donors (Lipinski definition) is 3. The maximum atomic E-state index is 16.0. The highest BCUT2D eigenvalue weighted by Gasteiger charge is 2.29. The number of aromatic amines is 2. The lowest BCUT2D eigenvalue weighted by atomic mass is 10.1. The number of pyridine rings is 3. The zero-order chi connectivity index (χ0) is 25.1. The SMILES string of the molecule is Cc1cn(-c2cncc3[nH]c(-c4n[nH]c5cnc(-c6cncc(NC(=O)C7CC7)c6)c(F)c45)nc23)cn1. The Balaban J connectivity index is 1.32. The Morgan fingerprint density at radius 2 is 1.95 bits per heavy atom. The number of H-pyrrole nitrogens is 2. The molecule has 0 spiro atoms. The Morgan fingerprint density at radius 1 is 1.08 bits per heavy atom. The number of carbonyl (C=O) groups is 1. The van der Waals surface area contributed by atoms with Gasteiger partial charge in [0.15, 0.2) is 11.6 Å². The first-order chi connectivity index (χ1) is 18.0. The number of hydrogen-bond acceptors (Lipinski definition) is 7. The van der Waals surface area contributed by atoms with Gasteiger partial charge in [0.2, 0.25) is 5.91 Å². The van der Waals surface area contributed by atoms with Crippen LogP contribution in [0.5, 0.6) is 0 Å². The standard InChI is InChI=1S/C25H19FN10O/c1-12-10-36(11-30-12)18-9-28-7-17-22(18)33-24(32-17)23-19-16(34-35-23)8-29-21(20(19)26)14-4-15(6-27-5-14)31-25(37)13-2-3-13/h4-11,13H,2-3H2,1H3,(H,31,37)(H,32,33)(H,34,35). The fraction of sp³-hybridized carbons (Fsp3) is 0.160. The van der Waals surface area contributed by atoms with Gasteiger partial charge < -0.3 is 14.9 Å². The number of halogens is 1. The fourth-order valence-corrected chi connectivity index (χ4v) is 4.35. The van der Waals surface area contributed by atoms with Gasteiger partial charge in [0.25, 0.3) is 0 Å². The molecule has 0 aliphatic heterocycles. The second-order valence-electron chi connectivity index (χ2n) is 9.07. The van der Waals surface area contributed by atoms with E-state index in [4.69, 9.17) is 4.98 Å². The molecule has 7 rings (SSSR count). The predicted octanol–water partition coefficient (Wildman–Crippen LogP) is 3.94. The Kier molecular flexibility index (Phi) is 4.61. The Hall–Kier alpha value is -5.00. The van der Waals surface area contributed by atoms with Crippen LogP contribution in [-0.4, -0.2) is 50.6 Å². The van der Waals surface area contributed by atoms with Crippen molar-refractivity contribution < 1.29 is 9.18 Å². The molecule has 12 heteroatoms. The van der Waals surface area contributed by atoms with E-state index in [1.54, 1.807) is 24.8 Å². The first-order valence-corrected chi connectivity index (χ1v) is 11.7. The van der Waals surface area contributed by atoms with Crippen LogP contribution in [0, 0.1) is 18.7 Å². The topological polar surface area (TPSA) is 143 Å². The van der Waals surface area contributed by atoms with Gasteiger partial charge in [-0.3, -0.25) is 24.8 Å². The van der Waals surface area contributed by atoms with E-state index in [9.17, 15) is 4.79 Å². The molecule has 0 bridgehead atoms. The minimum Gasteiger partial charge on any atom is -0.335 e. The van der Waals surface area contributed by atoms with Crippen molar-refractivity contribution in [2.75, 3.05) is 5.32 Å². The molecule has 1 fully saturated rings. The quantitative estimate of drug-likeness (QED) is 0.329. The molecule has 6 aromatic heterocycles. The van der Waals surface area contributed by atoms with Gasteiger partial charge in [0.1, 0.15) is 16.9 Å². The van der Waals surface area contributed by atoms with Gasteiger partial charge in [-0.1, -0.05) is 0 Å². The number of amides is 1. The van der Waals surface area contributed by atoms with E-state index >= 15 is 4.39 Å². The number of aryl methyl sites for hydroxylation is 1. The van der Waals surface area contributed by atoms with Crippen molar-refractivity contribution in [3.8, 4) is 28.5 Å². The Bertz CT molecular complexity index is 1830. The molecule has 11 nitrogen and oxygen atoms in total. The average molecular weight is 494 g/mol. The maximum Gasteiger partial charge on any atom is 0.227 e. The van der Waals surface area contributed by atoms with Crippen LogP contribution in [0.25, 0.3) is 50.4 Å². The van der Waals surface area contributed by atoms with Gasteiger partial charge in [-0.05, 0) is 25.8 Å². The van der Waals surface area contributed by atoms with E-state index in [-0.39, 0.29) is 22.9 Å². The summed E-state index contributed by atoms with van der Waals surface area (Å²) in [6.07, 6.45) is 13.3. The predicted molar refractivity (Wildman–Crippen MR) is 133 cm³/mol. The first kappa shape index (κ1) is 21.3. The molecule has 1 aliphatic carbocycles. The number of fused-ring (bicyclic) bond motifs is 2. The second kappa shape index (κ2) is 8.01. The van der Waals surface area contributed by atoms with Crippen LogP contribution in [0.1, 0.15) is 18.5 Å². The zero-order valence-electron chi connectivity index (χ0n) is 19.5. The lowest BCUT2D eigenvalue weighted by molar-refractivity contribution is -0.117. The molecule has 182 valence electrons. The number of nitrogens with zero attached hydrogens (tertiary/aromatic N) is 7. The summed E-state index contributed by atoms with van der Waals surface area (Å²) >= 11 is 0. The van der Waals surface area contributed by atoms with Crippen LogP contribution in [0.4, 0.5) is 10.1 Å². The van der Waals surface area contributed by atoms with Crippen LogP contribution in [0.15, 0.2) is 49.6 Å². The highest BCUT2D eigenvalue weighted by molar-refractivity contribution is 5.97. The Morgan fingerprint density at radius 3 is 2.76 bits per heavy atom. The van der Waals surface area contributed by atoms with Gasteiger partial charge in [-0.2, -0.15) is 5.10 Å². The van der Waals surface area contributed by atoms with Crippen LogP contribution < -0.4 is 5.32 Å². The molecule has 1 saturated carbocycles. The third kappa shape index (κ3) is 3.61. The fourth-order valence-electron chi connectivity index (χ4n) is 4.35. The lowest BCUT2D eigenvalue weighted by Crippen LogP contribution is -2.13. The van der Waals surface area contributed by atoms with Crippen LogP contribution in [0.3, 0.4) is 0 Å². The number of aromatic nitrogens is 9. The van der Waals surface area contributed by atoms with E-state index in [0.717, 1.165) is 24.2 Å². The number of nitrogens with one attached hydrogen (secondary N) is 3. The van der Waals surface area contributed by atoms with Gasteiger partial charge in [0.05, 0.1) is 64.6 Å². The van der Waals surface area contributed by atoms with Crippen molar-refractivity contribution in [3.63, 3.8) is 0 Å². The molecule has 0 saturated heterocycles. The Labute approximate surface area is 208 Å². The van der Waals surface area contributed by atoms with Crippen LogP contribution in [-0.2, 0) is 4.79 Å². The summed E-state index contributed by atoms with van der Waals surface area (Å²) in [5.41, 5.74) is 4.68. The van der Waals surface area contributed by atoms with Gasteiger partial charge in [-0.25, -0.2) is 14.4 Å². The van der Waals surface area contributed by atoms with Crippen LogP contribution in [0.2, 0.25) is 0 Å². The smallest absolute Gasteiger partial charge is 0.227 e.